The quantitative estimate of drug-likeness (QED) is 0.814. The van der Waals surface area contributed by atoms with Gasteiger partial charge in [-0.05, 0) is 48.7 Å². The summed E-state index contributed by atoms with van der Waals surface area (Å²) in [6.07, 6.45) is 1.16. The van der Waals surface area contributed by atoms with Crippen molar-refractivity contribution >= 4 is 5.91 Å². The molecule has 0 atom stereocenters. The highest BCUT2D eigenvalue weighted by Gasteiger charge is 2.02. The molecule has 23 heavy (non-hydrogen) atoms. The van der Waals surface area contributed by atoms with E-state index in [1.807, 2.05) is 55.5 Å². The molecule has 0 bridgehead atoms. The maximum absolute atomic E-state index is 11.8. The summed E-state index contributed by atoms with van der Waals surface area (Å²) in [6, 6.07) is 15.7. The molecule has 0 saturated heterocycles. The molecule has 0 aliphatic carbocycles. The largest absolute Gasteiger partial charge is 0.497 e. The minimum atomic E-state index is 0.00571. The van der Waals surface area contributed by atoms with Crippen LogP contribution in [0.5, 0.6) is 11.5 Å². The van der Waals surface area contributed by atoms with Gasteiger partial charge < -0.3 is 14.8 Å². The maximum Gasteiger partial charge on any atom is 0.223 e. The SMILES string of the molecule is COc1ccc(CCNC(=O)CCOc2cccc(C)c2)cc1. The van der Waals surface area contributed by atoms with Gasteiger partial charge in [0, 0.05) is 6.54 Å². The molecule has 0 spiro atoms. The Balaban J connectivity index is 1.63. The average molecular weight is 313 g/mol. The van der Waals surface area contributed by atoms with Gasteiger partial charge in [0.05, 0.1) is 20.1 Å². The van der Waals surface area contributed by atoms with E-state index in [1.54, 1.807) is 7.11 Å². The van der Waals surface area contributed by atoms with Gasteiger partial charge in [0.25, 0.3) is 0 Å². The van der Waals surface area contributed by atoms with Crippen molar-refractivity contribution < 1.29 is 14.3 Å². The molecule has 0 aromatic heterocycles. The second-order valence-corrected chi connectivity index (χ2v) is 5.36. The minimum Gasteiger partial charge on any atom is -0.497 e. The lowest BCUT2D eigenvalue weighted by atomic mass is 10.1. The average Bonchev–Trinajstić information content (AvgIpc) is 2.55. The Hall–Kier alpha value is -2.49. The number of rotatable bonds is 8. The third-order valence-corrected chi connectivity index (χ3v) is 3.48. The molecule has 0 aliphatic heterocycles. The summed E-state index contributed by atoms with van der Waals surface area (Å²) in [5.74, 6) is 1.65. The highest BCUT2D eigenvalue weighted by atomic mass is 16.5. The van der Waals surface area contributed by atoms with Crippen molar-refractivity contribution in [2.24, 2.45) is 0 Å². The summed E-state index contributed by atoms with van der Waals surface area (Å²) >= 11 is 0. The second-order valence-electron chi connectivity index (χ2n) is 5.36. The zero-order valence-electron chi connectivity index (χ0n) is 13.7. The third-order valence-electron chi connectivity index (χ3n) is 3.48. The fraction of sp³-hybridized carbons (Fsp3) is 0.316. The summed E-state index contributed by atoms with van der Waals surface area (Å²) < 4.78 is 10.7. The first-order valence-electron chi connectivity index (χ1n) is 7.76. The van der Waals surface area contributed by atoms with Crippen LogP contribution in [-0.2, 0) is 11.2 Å². The molecule has 4 nitrogen and oxygen atoms in total. The number of amides is 1. The van der Waals surface area contributed by atoms with Crippen LogP contribution in [0.2, 0.25) is 0 Å². The van der Waals surface area contributed by atoms with E-state index in [2.05, 4.69) is 5.32 Å². The lowest BCUT2D eigenvalue weighted by molar-refractivity contribution is -0.121. The van der Waals surface area contributed by atoms with Crippen molar-refractivity contribution in [3.63, 3.8) is 0 Å². The molecule has 2 aromatic rings. The zero-order valence-corrected chi connectivity index (χ0v) is 13.7. The van der Waals surface area contributed by atoms with E-state index in [0.29, 0.717) is 19.6 Å². The Morgan fingerprint density at radius 1 is 1.09 bits per heavy atom. The van der Waals surface area contributed by atoms with E-state index in [1.165, 1.54) is 5.56 Å². The molecule has 122 valence electrons. The van der Waals surface area contributed by atoms with Gasteiger partial charge in [-0.2, -0.15) is 0 Å². The molecule has 4 heteroatoms. The number of aryl methyl sites for hydroxylation is 1. The highest BCUT2D eigenvalue weighted by Crippen LogP contribution is 2.12. The molecule has 0 heterocycles. The molecule has 0 saturated carbocycles. The van der Waals surface area contributed by atoms with Gasteiger partial charge >= 0.3 is 0 Å². The van der Waals surface area contributed by atoms with Crippen LogP contribution in [0.4, 0.5) is 0 Å². The first kappa shape index (κ1) is 16.9. The zero-order chi connectivity index (χ0) is 16.5. The number of carbonyl (C=O) groups excluding carboxylic acids is 1. The fourth-order valence-electron chi connectivity index (χ4n) is 2.19. The molecule has 0 unspecified atom stereocenters. The number of hydrogen-bond acceptors (Lipinski definition) is 3. The van der Waals surface area contributed by atoms with Crippen LogP contribution in [0.15, 0.2) is 48.5 Å². The molecule has 1 N–H and O–H groups in total. The molecular formula is C19H23NO3. The van der Waals surface area contributed by atoms with Crippen LogP contribution < -0.4 is 14.8 Å². The van der Waals surface area contributed by atoms with Gasteiger partial charge in [-0.3, -0.25) is 4.79 Å². The number of carbonyl (C=O) groups is 1. The first-order valence-corrected chi connectivity index (χ1v) is 7.76. The van der Waals surface area contributed by atoms with Crippen LogP contribution in [0, 0.1) is 6.92 Å². The summed E-state index contributed by atoms with van der Waals surface area (Å²) in [6.45, 7) is 3.02. The van der Waals surface area contributed by atoms with Gasteiger partial charge in [-0.15, -0.1) is 0 Å². The standard InChI is InChI=1S/C19H23NO3/c1-15-4-3-5-18(14-15)23-13-11-19(21)20-12-10-16-6-8-17(22-2)9-7-16/h3-9,14H,10-13H2,1-2H3,(H,20,21). The van der Waals surface area contributed by atoms with Crippen LogP contribution in [0.1, 0.15) is 17.5 Å². The lowest BCUT2D eigenvalue weighted by Crippen LogP contribution is -2.27. The van der Waals surface area contributed by atoms with E-state index in [-0.39, 0.29) is 5.91 Å². The molecule has 0 fully saturated rings. The maximum atomic E-state index is 11.8. The van der Waals surface area contributed by atoms with Crippen molar-refractivity contribution in [1.82, 2.24) is 5.32 Å². The van der Waals surface area contributed by atoms with Crippen molar-refractivity contribution in [2.75, 3.05) is 20.3 Å². The molecule has 0 radical (unpaired) electrons. The Kier molecular flexibility index (Phi) is 6.48. The Morgan fingerprint density at radius 2 is 1.87 bits per heavy atom. The molecule has 2 rings (SSSR count). The van der Waals surface area contributed by atoms with Gasteiger partial charge in [0.15, 0.2) is 0 Å². The van der Waals surface area contributed by atoms with Gasteiger partial charge in [-0.25, -0.2) is 0 Å². The van der Waals surface area contributed by atoms with Crippen molar-refractivity contribution in [3.8, 4) is 11.5 Å². The summed E-state index contributed by atoms with van der Waals surface area (Å²) in [5.41, 5.74) is 2.31. The lowest BCUT2D eigenvalue weighted by Gasteiger charge is -2.08. The van der Waals surface area contributed by atoms with E-state index in [0.717, 1.165) is 23.5 Å². The number of methoxy groups -OCH3 is 1. The summed E-state index contributed by atoms with van der Waals surface area (Å²) in [7, 11) is 1.65. The molecule has 1 amide bonds. The van der Waals surface area contributed by atoms with Crippen LogP contribution in [-0.4, -0.2) is 26.2 Å². The monoisotopic (exact) mass is 313 g/mol. The van der Waals surface area contributed by atoms with E-state index in [9.17, 15) is 4.79 Å². The molecule has 2 aromatic carbocycles. The van der Waals surface area contributed by atoms with Crippen LogP contribution >= 0.6 is 0 Å². The number of benzene rings is 2. The summed E-state index contributed by atoms with van der Waals surface area (Å²) in [5, 5.41) is 2.91. The third kappa shape index (κ3) is 6.02. The molecule has 0 aliphatic rings. The number of hydrogen-bond donors (Lipinski definition) is 1. The van der Waals surface area contributed by atoms with Crippen molar-refractivity contribution in [2.45, 2.75) is 19.8 Å². The van der Waals surface area contributed by atoms with Crippen LogP contribution in [0.25, 0.3) is 0 Å². The predicted molar refractivity (Wildman–Crippen MR) is 91.0 cm³/mol. The van der Waals surface area contributed by atoms with E-state index < -0.39 is 0 Å². The van der Waals surface area contributed by atoms with Crippen LogP contribution in [0.3, 0.4) is 0 Å². The first-order chi connectivity index (χ1) is 11.2. The van der Waals surface area contributed by atoms with E-state index in [4.69, 9.17) is 9.47 Å². The Bertz CT molecular complexity index is 623. The van der Waals surface area contributed by atoms with Gasteiger partial charge in [0.2, 0.25) is 5.91 Å². The smallest absolute Gasteiger partial charge is 0.223 e. The van der Waals surface area contributed by atoms with Crippen molar-refractivity contribution in [1.29, 1.82) is 0 Å². The Labute approximate surface area is 137 Å². The summed E-state index contributed by atoms with van der Waals surface area (Å²) in [4.78, 5) is 11.8. The minimum absolute atomic E-state index is 0.00571. The fourth-order valence-corrected chi connectivity index (χ4v) is 2.19. The normalized spacial score (nSPS) is 10.2. The predicted octanol–water partition coefficient (Wildman–Crippen LogP) is 3.13. The molecular weight excluding hydrogens is 290 g/mol. The second kappa shape index (κ2) is 8.83. The number of nitrogens with one attached hydrogen (secondary N) is 1. The number of ether oxygens (including phenoxy) is 2. The van der Waals surface area contributed by atoms with Gasteiger partial charge in [-0.1, -0.05) is 24.3 Å². The van der Waals surface area contributed by atoms with E-state index >= 15 is 0 Å². The van der Waals surface area contributed by atoms with Gasteiger partial charge in [0.1, 0.15) is 11.5 Å². The topological polar surface area (TPSA) is 47.6 Å². The van der Waals surface area contributed by atoms with Crippen molar-refractivity contribution in [3.05, 3.63) is 59.7 Å². The highest BCUT2D eigenvalue weighted by molar-refractivity contribution is 5.75. The Morgan fingerprint density at radius 3 is 2.57 bits per heavy atom.